The number of methoxy groups -OCH3 is 2. The average Bonchev–Trinajstić information content (AvgIpc) is 2.84. The summed E-state index contributed by atoms with van der Waals surface area (Å²) in [4.78, 5) is 28.0. The van der Waals surface area contributed by atoms with E-state index in [1.165, 1.54) is 11.8 Å². The molecule has 6 heteroatoms. The van der Waals surface area contributed by atoms with Crippen LogP contribution in [0.15, 0.2) is 83.8 Å². The van der Waals surface area contributed by atoms with Crippen LogP contribution in [0.2, 0.25) is 0 Å². The lowest BCUT2D eigenvalue weighted by molar-refractivity contribution is -0.150. The molecule has 0 bridgehead atoms. The van der Waals surface area contributed by atoms with Gasteiger partial charge in [-0.3, -0.25) is 4.79 Å². The van der Waals surface area contributed by atoms with Gasteiger partial charge < -0.3 is 19.2 Å². The van der Waals surface area contributed by atoms with E-state index in [0.717, 1.165) is 33.8 Å². The molecule has 0 saturated carbocycles. The molecule has 1 aliphatic heterocycles. The number of nitrogens with zero attached hydrogens (tertiary/aromatic N) is 1. The molecular weight excluding hydrogens is 410 g/mol. The molecule has 1 heterocycles. The largest absolute Gasteiger partial charge is 0.497 e. The Balaban J connectivity index is 1.68. The molecule has 2 atom stereocenters. The fourth-order valence-electron chi connectivity index (χ4n) is 3.79. The van der Waals surface area contributed by atoms with Crippen LogP contribution in [-0.2, 0) is 9.59 Å². The summed E-state index contributed by atoms with van der Waals surface area (Å²) in [6.07, 6.45) is 0.877. The van der Waals surface area contributed by atoms with Gasteiger partial charge in [-0.05, 0) is 47.5 Å². The summed E-state index contributed by atoms with van der Waals surface area (Å²) in [6.45, 7) is 0. The van der Waals surface area contributed by atoms with Gasteiger partial charge in [0.25, 0.3) is 0 Å². The third-order valence-electron chi connectivity index (χ3n) is 5.42. The van der Waals surface area contributed by atoms with Crippen molar-refractivity contribution in [1.29, 1.82) is 0 Å². The second-order valence-corrected chi connectivity index (χ2v) is 8.39. The highest BCUT2D eigenvalue weighted by Gasteiger charge is 2.51. The minimum atomic E-state index is -0.521. The van der Waals surface area contributed by atoms with Crippen molar-refractivity contribution in [2.75, 3.05) is 14.2 Å². The summed E-state index contributed by atoms with van der Waals surface area (Å²) in [5, 5.41) is -0.432. The van der Waals surface area contributed by atoms with Crippen LogP contribution in [0.3, 0.4) is 0 Å². The molecule has 0 spiro atoms. The lowest BCUT2D eigenvalue weighted by Crippen LogP contribution is -2.65. The number of carbonyl (C=O) groups is 2. The van der Waals surface area contributed by atoms with Gasteiger partial charge in [0, 0.05) is 4.90 Å². The Labute approximate surface area is 186 Å². The predicted molar refractivity (Wildman–Crippen MR) is 121 cm³/mol. The highest BCUT2D eigenvalue weighted by atomic mass is 32.2. The minimum Gasteiger partial charge on any atom is -0.497 e. The lowest BCUT2D eigenvalue weighted by Gasteiger charge is -2.48. The van der Waals surface area contributed by atoms with Gasteiger partial charge in [-0.15, -0.1) is 11.8 Å². The molecule has 1 aliphatic rings. The second-order valence-electron chi connectivity index (χ2n) is 7.17. The van der Waals surface area contributed by atoms with E-state index in [4.69, 9.17) is 9.47 Å². The predicted octanol–water partition coefficient (Wildman–Crippen LogP) is 4.36. The van der Waals surface area contributed by atoms with E-state index in [2.05, 4.69) is 0 Å². The molecule has 5 nitrogen and oxygen atoms in total. The van der Waals surface area contributed by atoms with E-state index in [1.807, 2.05) is 78.9 Å². The Hall–Kier alpha value is -3.25. The number of ether oxygens (including phenoxy) is 2. The summed E-state index contributed by atoms with van der Waals surface area (Å²) in [6, 6.07) is 24.0. The zero-order valence-corrected chi connectivity index (χ0v) is 18.1. The molecule has 0 aromatic heterocycles. The summed E-state index contributed by atoms with van der Waals surface area (Å²) in [5.74, 6) is 1.41. The number of thioether (sulfide) groups is 1. The van der Waals surface area contributed by atoms with Crippen molar-refractivity contribution >= 4 is 24.0 Å². The highest BCUT2D eigenvalue weighted by Crippen LogP contribution is 2.43. The Bertz CT molecular complexity index is 990. The molecule has 3 aromatic carbocycles. The van der Waals surface area contributed by atoms with Crippen LogP contribution in [0, 0.1) is 0 Å². The Morgan fingerprint density at radius 2 is 1.35 bits per heavy atom. The topological polar surface area (TPSA) is 55.8 Å². The van der Waals surface area contributed by atoms with Gasteiger partial charge in [0.15, 0.2) is 0 Å². The molecule has 4 rings (SSSR count). The number of amides is 1. The Morgan fingerprint density at radius 1 is 0.839 bits per heavy atom. The van der Waals surface area contributed by atoms with Crippen molar-refractivity contribution in [3.05, 3.63) is 90.0 Å². The molecule has 0 N–H and O–H groups in total. The number of aldehydes is 1. The fourth-order valence-corrected chi connectivity index (χ4v) is 4.96. The number of hydrogen-bond donors (Lipinski definition) is 0. The van der Waals surface area contributed by atoms with Crippen molar-refractivity contribution in [3.63, 3.8) is 0 Å². The maximum Gasteiger partial charge on any atom is 0.240 e. The van der Waals surface area contributed by atoms with Crippen LogP contribution in [0.4, 0.5) is 0 Å². The van der Waals surface area contributed by atoms with E-state index in [9.17, 15) is 9.59 Å². The monoisotopic (exact) mass is 433 g/mol. The molecule has 158 valence electrons. The van der Waals surface area contributed by atoms with E-state index in [1.54, 1.807) is 19.1 Å². The molecule has 3 aromatic rings. The third-order valence-corrected chi connectivity index (χ3v) is 6.69. The lowest BCUT2D eigenvalue weighted by atomic mass is 9.90. The minimum absolute atomic E-state index is 0.0532. The molecule has 2 unspecified atom stereocenters. The number of benzene rings is 3. The zero-order valence-electron chi connectivity index (χ0n) is 17.3. The summed E-state index contributed by atoms with van der Waals surface area (Å²) >= 11 is 1.43. The van der Waals surface area contributed by atoms with Gasteiger partial charge >= 0.3 is 0 Å². The van der Waals surface area contributed by atoms with Crippen LogP contribution >= 0.6 is 11.8 Å². The van der Waals surface area contributed by atoms with Crippen LogP contribution < -0.4 is 9.47 Å². The van der Waals surface area contributed by atoms with Gasteiger partial charge in [0.2, 0.25) is 5.91 Å². The van der Waals surface area contributed by atoms with Gasteiger partial charge in [-0.1, -0.05) is 42.5 Å². The number of β-lactam (4-membered cyclic amide) rings is 1. The second kappa shape index (κ2) is 9.27. The molecule has 1 saturated heterocycles. The van der Waals surface area contributed by atoms with Crippen molar-refractivity contribution in [3.8, 4) is 11.5 Å². The van der Waals surface area contributed by atoms with E-state index >= 15 is 0 Å². The first-order valence-corrected chi connectivity index (χ1v) is 10.8. The first-order valence-electron chi connectivity index (χ1n) is 9.93. The van der Waals surface area contributed by atoms with Crippen LogP contribution in [0.25, 0.3) is 0 Å². The van der Waals surface area contributed by atoms with Gasteiger partial charge in [0.1, 0.15) is 29.1 Å². The summed E-state index contributed by atoms with van der Waals surface area (Å²) < 4.78 is 10.6. The normalized spacial score (nSPS) is 17.9. The SMILES string of the molecule is COc1ccc(C(c2ccc(OC)cc2)N2C(=O)C(Sc3ccccc3)C2C=O)cc1. The number of rotatable bonds is 8. The van der Waals surface area contributed by atoms with Crippen LogP contribution in [0.5, 0.6) is 11.5 Å². The van der Waals surface area contributed by atoms with Crippen LogP contribution in [-0.4, -0.2) is 42.6 Å². The first-order chi connectivity index (χ1) is 15.2. The fraction of sp³-hybridized carbons (Fsp3) is 0.200. The van der Waals surface area contributed by atoms with Crippen molar-refractivity contribution in [1.82, 2.24) is 4.90 Å². The number of likely N-dealkylation sites (tertiary alicyclic amines) is 1. The molecule has 1 amide bonds. The van der Waals surface area contributed by atoms with E-state index in [0.29, 0.717) is 0 Å². The highest BCUT2D eigenvalue weighted by molar-refractivity contribution is 8.00. The van der Waals surface area contributed by atoms with Crippen LogP contribution in [0.1, 0.15) is 17.2 Å². The van der Waals surface area contributed by atoms with Crippen molar-refractivity contribution < 1.29 is 19.1 Å². The summed E-state index contributed by atoms with van der Waals surface area (Å²) in [5.41, 5.74) is 1.82. The third kappa shape index (κ3) is 4.16. The van der Waals surface area contributed by atoms with Gasteiger partial charge in [-0.25, -0.2) is 0 Å². The smallest absolute Gasteiger partial charge is 0.240 e. The molecular formula is C25H23NO4S. The number of hydrogen-bond acceptors (Lipinski definition) is 5. The first kappa shape index (κ1) is 21.0. The quantitative estimate of drug-likeness (QED) is 0.390. The standard InChI is InChI=1S/C25H23NO4S/c1-29-19-12-8-17(9-13-19)23(18-10-14-20(30-2)15-11-18)26-22(16-27)24(25(26)28)31-21-6-4-3-5-7-21/h3-16,22-24H,1-2H3. The average molecular weight is 434 g/mol. The maximum absolute atomic E-state index is 13.3. The Kier molecular flexibility index (Phi) is 6.28. The number of carbonyl (C=O) groups excluding carboxylic acids is 2. The van der Waals surface area contributed by atoms with Gasteiger partial charge in [0.05, 0.1) is 20.3 Å². The summed E-state index contributed by atoms with van der Waals surface area (Å²) in [7, 11) is 3.23. The molecule has 0 radical (unpaired) electrons. The Morgan fingerprint density at radius 3 is 1.81 bits per heavy atom. The van der Waals surface area contributed by atoms with E-state index in [-0.39, 0.29) is 11.9 Å². The van der Waals surface area contributed by atoms with E-state index < -0.39 is 11.3 Å². The molecule has 1 fully saturated rings. The molecule has 31 heavy (non-hydrogen) atoms. The molecule has 0 aliphatic carbocycles. The zero-order chi connectivity index (χ0) is 21.8. The maximum atomic E-state index is 13.3. The van der Waals surface area contributed by atoms with Gasteiger partial charge in [-0.2, -0.15) is 0 Å². The van der Waals surface area contributed by atoms with Crippen molar-refractivity contribution in [2.45, 2.75) is 22.2 Å². The van der Waals surface area contributed by atoms with Crippen molar-refractivity contribution in [2.24, 2.45) is 0 Å².